The van der Waals surface area contributed by atoms with Gasteiger partial charge in [0.2, 0.25) is 0 Å². The summed E-state index contributed by atoms with van der Waals surface area (Å²) in [6, 6.07) is 0. The number of amides is 1. The molecule has 2 atom stereocenters. The first-order valence-electron chi connectivity index (χ1n) is 36.5. The molecule has 1 N–H and O–H groups in total. The molecule has 0 aromatic heterocycles. The quantitative estimate of drug-likeness (QED) is 0.264. The minimum atomic E-state index is -0.785. The van der Waals surface area contributed by atoms with Gasteiger partial charge >= 0.3 is 6.09 Å². The summed E-state index contributed by atoms with van der Waals surface area (Å²) in [5, 5.41) is 2.92. The molecule has 5 rings (SSSR count). The van der Waals surface area contributed by atoms with Gasteiger partial charge in [-0.2, -0.15) is 0 Å². The molecule has 8 heteroatoms. The summed E-state index contributed by atoms with van der Waals surface area (Å²) in [5.41, 5.74) is 2.85. The minimum absolute atomic E-state index is 0.0337. The number of nitrogens with zero attached hydrogens (tertiary/aromatic N) is 4. The first kappa shape index (κ1) is 82.7. The van der Waals surface area contributed by atoms with E-state index in [1.165, 1.54) is 33.4 Å². The van der Waals surface area contributed by atoms with E-state index in [1.807, 2.05) is 14.0 Å². The Balaban J connectivity index is 0.000000396. The van der Waals surface area contributed by atoms with Crippen LogP contribution in [0.5, 0.6) is 0 Å². The summed E-state index contributed by atoms with van der Waals surface area (Å²) in [6.45, 7) is 126. The number of rotatable bonds is 9. The first-order valence-corrected chi connectivity index (χ1v) is 36.5. The second-order valence-corrected chi connectivity index (χ2v) is 42.6. The van der Waals surface area contributed by atoms with E-state index in [4.69, 9.17) is 9.47 Å². The SMILES string of the molecule is CCNC(=O)OC(C)(C)C1(C)C(C)(C)N(C2(C)C(C)(C)C(C)(C)N(C(C)(C)C)C(C)(C)C2(C)C)C(C)(C)C(C)(C)C1(C)C.COC(C)(C)C1(C)C(C)(C)N(C2(C)C(C)(C)C(C)(C)N(C(C)(C)c3c(C)c(C)c(C)c(C)c3C)C(C)(C)C2(C)C)C(C)(C)C(C)(C)C1(C)C. The highest BCUT2D eigenvalue weighted by Gasteiger charge is 2.85. The van der Waals surface area contributed by atoms with E-state index in [-0.39, 0.29) is 121 Å². The molecule has 1 aromatic carbocycles. The van der Waals surface area contributed by atoms with Crippen molar-refractivity contribution in [3.8, 4) is 0 Å². The van der Waals surface area contributed by atoms with E-state index >= 15 is 0 Å². The Morgan fingerprint density at radius 1 is 0.348 bits per heavy atom. The van der Waals surface area contributed by atoms with E-state index in [1.54, 1.807) is 0 Å². The average molecular weight is 1290 g/mol. The largest absolute Gasteiger partial charge is 0.443 e. The second-order valence-electron chi connectivity index (χ2n) is 42.6. The molecule has 4 fully saturated rings. The predicted molar refractivity (Wildman–Crippen MR) is 401 cm³/mol. The number of piperidine rings is 4. The molecule has 4 heterocycles. The van der Waals surface area contributed by atoms with Crippen molar-refractivity contribution < 1.29 is 14.3 Å². The number of methoxy groups -OCH3 is 1. The zero-order valence-electron chi connectivity index (χ0n) is 71.7. The van der Waals surface area contributed by atoms with Crippen LogP contribution in [-0.4, -0.2) is 111 Å². The number of benzene rings is 1. The molecule has 8 nitrogen and oxygen atoms in total. The highest BCUT2D eigenvalue weighted by molar-refractivity contribution is 5.68. The zero-order valence-corrected chi connectivity index (χ0v) is 71.7. The maximum absolute atomic E-state index is 13.2. The fourth-order valence-corrected chi connectivity index (χ4v) is 25.8. The number of nitrogens with one attached hydrogen (secondary N) is 1. The van der Waals surface area contributed by atoms with Gasteiger partial charge in [0.05, 0.1) is 5.60 Å². The lowest BCUT2D eigenvalue weighted by atomic mass is 9.34. The maximum atomic E-state index is 13.2. The van der Waals surface area contributed by atoms with Gasteiger partial charge in [-0.3, -0.25) is 19.6 Å². The number of carbonyl (C=O) groups excluding carboxylic acids is 1. The third kappa shape index (κ3) is 9.01. The number of ether oxygens (including phenoxy) is 2. The van der Waals surface area contributed by atoms with Crippen molar-refractivity contribution in [2.45, 2.75) is 431 Å². The van der Waals surface area contributed by atoms with E-state index in [0.29, 0.717) is 6.54 Å². The highest BCUT2D eigenvalue weighted by Crippen LogP contribution is 2.80. The van der Waals surface area contributed by atoms with E-state index in [0.717, 1.165) is 0 Å². The monoisotopic (exact) mass is 1290 g/mol. The molecule has 0 saturated carbocycles. The molecule has 4 saturated heterocycles. The lowest BCUT2D eigenvalue weighted by Gasteiger charge is -2.86. The van der Waals surface area contributed by atoms with Crippen molar-refractivity contribution in [2.24, 2.45) is 54.1 Å². The van der Waals surface area contributed by atoms with Crippen LogP contribution in [0.4, 0.5) is 4.79 Å². The summed E-state index contributed by atoms with van der Waals surface area (Å²) in [5.74, 6) is 0. The van der Waals surface area contributed by atoms with Crippen LogP contribution >= 0.6 is 0 Å². The molecule has 92 heavy (non-hydrogen) atoms. The summed E-state index contributed by atoms with van der Waals surface area (Å²) in [7, 11) is 1.93. The van der Waals surface area contributed by atoms with Crippen molar-refractivity contribution in [2.75, 3.05) is 13.7 Å². The van der Waals surface area contributed by atoms with Gasteiger partial charge in [0, 0.05) is 113 Å². The van der Waals surface area contributed by atoms with Gasteiger partial charge in [-0.25, -0.2) is 4.79 Å². The number of alkyl carbamates (subject to hydrolysis) is 1. The Kier molecular flexibility index (Phi) is 19.5. The Morgan fingerprint density at radius 2 is 0.598 bits per heavy atom. The Bertz CT molecular complexity index is 2900. The Morgan fingerprint density at radius 3 is 0.848 bits per heavy atom. The van der Waals surface area contributed by atoms with Gasteiger partial charge in [-0.15, -0.1) is 0 Å². The Labute approximate surface area is 574 Å². The van der Waals surface area contributed by atoms with Gasteiger partial charge in [-0.05, 0) is 284 Å². The number of hydrogen-bond acceptors (Lipinski definition) is 7. The average Bonchev–Trinajstić information content (AvgIpc) is 0.643. The van der Waals surface area contributed by atoms with Crippen LogP contribution in [0, 0.1) is 88.8 Å². The molecule has 0 bridgehead atoms. The Hall–Kier alpha value is -1.71. The lowest BCUT2D eigenvalue weighted by Crippen LogP contribution is -2.93. The first-order chi connectivity index (χ1) is 39.7. The van der Waals surface area contributed by atoms with Crippen LogP contribution in [0.2, 0.25) is 0 Å². The van der Waals surface area contributed by atoms with Gasteiger partial charge in [0.1, 0.15) is 5.60 Å². The molecule has 538 valence electrons. The number of likely N-dealkylation sites (tertiary alicyclic amines) is 4. The molecule has 2 unspecified atom stereocenters. The van der Waals surface area contributed by atoms with Crippen LogP contribution < -0.4 is 5.32 Å². The third-order valence-corrected chi connectivity index (χ3v) is 35.9. The van der Waals surface area contributed by atoms with E-state index < -0.39 is 16.6 Å². The smallest absolute Gasteiger partial charge is 0.407 e. The summed E-state index contributed by atoms with van der Waals surface area (Å²) >= 11 is 0. The van der Waals surface area contributed by atoms with E-state index in [2.05, 4.69) is 371 Å². The third-order valence-electron chi connectivity index (χ3n) is 35.9. The van der Waals surface area contributed by atoms with Gasteiger partial charge in [0.25, 0.3) is 0 Å². The van der Waals surface area contributed by atoms with Crippen LogP contribution in [0.1, 0.15) is 352 Å². The molecule has 0 aliphatic carbocycles. The normalized spacial score (nSPS) is 30.9. The van der Waals surface area contributed by atoms with Crippen molar-refractivity contribution >= 4 is 6.09 Å². The van der Waals surface area contributed by atoms with Crippen molar-refractivity contribution in [3.05, 3.63) is 33.4 Å². The second kappa shape index (κ2) is 21.7. The molecule has 0 radical (unpaired) electrons. The summed E-state index contributed by atoms with van der Waals surface area (Å²) in [6.07, 6.45) is -0.345. The van der Waals surface area contributed by atoms with Crippen molar-refractivity contribution in [1.82, 2.24) is 24.9 Å². The minimum Gasteiger partial charge on any atom is -0.443 e. The fraction of sp³-hybridized carbons (Fsp3) is 0.917. The number of carbonyl (C=O) groups is 1. The van der Waals surface area contributed by atoms with Crippen LogP contribution in [0.15, 0.2) is 0 Å². The molecule has 1 amide bonds. The van der Waals surface area contributed by atoms with Crippen molar-refractivity contribution in [1.29, 1.82) is 0 Å². The molecular weight excluding hydrogens is 1130 g/mol. The standard InChI is InChI=1S/C46H84N2O.C38H75N3O2/c1-29-30(2)32(4)34(33(5)31(29)3)35(6,7)47-41(18,19)38(12,13)46(27,39(14,15)42(47,20)21)48-40(16,17)36(8,9)37(10,11)45(26,43(48,22)23)44(24,25)49-28;1-25-39-26(42)43-36(21,22)37(23)29(7,8)28(5,6)32(13,14)41(35(37,19)20)38(24)30(9,10)33(15,16)40(27(2,3)4)34(17,18)31(38,11)12/h1-28H3;25H2,1-24H3,(H,39,42). The molecule has 1 aromatic rings. The van der Waals surface area contributed by atoms with Gasteiger partial charge in [0.15, 0.2) is 0 Å². The lowest BCUT2D eigenvalue weighted by molar-refractivity contribution is -0.376. The summed E-state index contributed by atoms with van der Waals surface area (Å²) < 4.78 is 13.1. The van der Waals surface area contributed by atoms with Gasteiger partial charge < -0.3 is 14.8 Å². The highest BCUT2D eigenvalue weighted by atomic mass is 16.6. The zero-order chi connectivity index (χ0) is 74.2. The molecule has 4 aliphatic rings. The molecule has 0 spiro atoms. The summed E-state index contributed by atoms with van der Waals surface area (Å²) in [4.78, 5) is 25.0. The fourth-order valence-electron chi connectivity index (χ4n) is 25.8. The topological polar surface area (TPSA) is 60.5 Å². The molecular formula is C84H159N5O3. The molecule has 4 aliphatic heterocycles. The predicted octanol–water partition coefficient (Wildman–Crippen LogP) is 22.4. The van der Waals surface area contributed by atoms with Gasteiger partial charge in [-0.1, -0.05) is 125 Å². The van der Waals surface area contributed by atoms with Crippen LogP contribution in [0.25, 0.3) is 0 Å². The maximum Gasteiger partial charge on any atom is 0.407 e. The van der Waals surface area contributed by atoms with Crippen LogP contribution in [0.3, 0.4) is 0 Å². The number of hydrogen-bond donors (Lipinski definition) is 1. The van der Waals surface area contributed by atoms with Crippen LogP contribution in [-0.2, 0) is 15.0 Å². The van der Waals surface area contributed by atoms with E-state index in [9.17, 15) is 4.79 Å². The van der Waals surface area contributed by atoms with Crippen molar-refractivity contribution in [3.63, 3.8) is 0 Å².